The highest BCUT2D eigenvalue weighted by Gasteiger charge is 2.29. The third-order valence-corrected chi connectivity index (χ3v) is 4.64. The Hall–Kier alpha value is -1.67. The first-order chi connectivity index (χ1) is 9.86. The van der Waals surface area contributed by atoms with Crippen LogP contribution in [0.15, 0.2) is 24.5 Å². The molecule has 0 spiro atoms. The molecule has 2 heterocycles. The average molecular weight is 313 g/mol. The van der Waals surface area contributed by atoms with Gasteiger partial charge in [0.15, 0.2) is 0 Å². The van der Waals surface area contributed by atoms with Crippen LogP contribution in [0.2, 0.25) is 0 Å². The summed E-state index contributed by atoms with van der Waals surface area (Å²) in [5.74, 6) is 0.515. The van der Waals surface area contributed by atoms with E-state index in [-0.39, 0.29) is 18.6 Å². The van der Waals surface area contributed by atoms with Crippen LogP contribution in [0.25, 0.3) is 0 Å². The standard InChI is InChI=1S/C13H19N3O4S/c1-15(21(2,18)19)10-13(17)16-8-5-12(9-16)20-11-3-6-14-7-4-11/h3-4,6-7,12H,5,8-10H2,1-2H3/t12-/m0/s1. The molecule has 1 fully saturated rings. The number of ether oxygens (including phenoxy) is 1. The molecule has 116 valence electrons. The molecule has 1 saturated heterocycles. The zero-order valence-corrected chi connectivity index (χ0v) is 12.9. The van der Waals surface area contributed by atoms with Gasteiger partial charge in [-0.2, -0.15) is 4.31 Å². The molecule has 0 aliphatic carbocycles. The van der Waals surface area contributed by atoms with Gasteiger partial charge in [0, 0.05) is 32.4 Å². The summed E-state index contributed by atoms with van der Waals surface area (Å²) in [6.45, 7) is 0.908. The van der Waals surface area contributed by atoms with Gasteiger partial charge in [-0.25, -0.2) is 8.42 Å². The quantitative estimate of drug-likeness (QED) is 0.761. The Morgan fingerprint density at radius 2 is 2.14 bits per heavy atom. The maximum absolute atomic E-state index is 12.1. The Morgan fingerprint density at radius 3 is 2.76 bits per heavy atom. The minimum atomic E-state index is -3.34. The Balaban J connectivity index is 1.86. The number of hydrogen-bond donors (Lipinski definition) is 0. The minimum Gasteiger partial charge on any atom is -0.488 e. The van der Waals surface area contributed by atoms with Crippen molar-refractivity contribution in [1.29, 1.82) is 0 Å². The number of rotatable bonds is 5. The van der Waals surface area contributed by atoms with Crippen molar-refractivity contribution in [3.05, 3.63) is 24.5 Å². The summed E-state index contributed by atoms with van der Waals surface area (Å²) in [6, 6.07) is 3.53. The fourth-order valence-corrected chi connectivity index (χ4v) is 2.41. The molecule has 0 radical (unpaired) electrons. The van der Waals surface area contributed by atoms with Crippen molar-refractivity contribution in [2.75, 3.05) is 32.9 Å². The molecule has 0 unspecified atom stereocenters. The van der Waals surface area contributed by atoms with Gasteiger partial charge in [0.1, 0.15) is 11.9 Å². The van der Waals surface area contributed by atoms with Gasteiger partial charge in [0.2, 0.25) is 15.9 Å². The number of aromatic nitrogens is 1. The van der Waals surface area contributed by atoms with Crippen molar-refractivity contribution >= 4 is 15.9 Å². The summed E-state index contributed by atoms with van der Waals surface area (Å²) >= 11 is 0. The Bertz CT molecular complexity index is 591. The summed E-state index contributed by atoms with van der Waals surface area (Å²) < 4.78 is 29.4. The van der Waals surface area contributed by atoms with Gasteiger partial charge >= 0.3 is 0 Å². The molecule has 0 N–H and O–H groups in total. The summed E-state index contributed by atoms with van der Waals surface area (Å²) in [7, 11) is -1.94. The Kier molecular flexibility index (Phi) is 4.79. The van der Waals surface area contributed by atoms with E-state index in [0.29, 0.717) is 13.1 Å². The van der Waals surface area contributed by atoms with Crippen LogP contribution in [0.4, 0.5) is 0 Å². The van der Waals surface area contributed by atoms with E-state index in [1.54, 1.807) is 29.4 Å². The first kappa shape index (κ1) is 15.7. The monoisotopic (exact) mass is 313 g/mol. The SMILES string of the molecule is CN(CC(=O)N1CC[C@H](Oc2ccncc2)C1)S(C)(=O)=O. The molecule has 0 saturated carbocycles. The molecule has 2 rings (SSSR count). The zero-order chi connectivity index (χ0) is 15.5. The lowest BCUT2D eigenvalue weighted by molar-refractivity contribution is -0.130. The first-order valence-electron chi connectivity index (χ1n) is 6.62. The smallest absolute Gasteiger partial charge is 0.238 e. The second-order valence-electron chi connectivity index (χ2n) is 5.07. The molecule has 1 aliphatic rings. The molecular formula is C13H19N3O4S. The van der Waals surface area contributed by atoms with E-state index >= 15 is 0 Å². The van der Waals surface area contributed by atoms with Crippen molar-refractivity contribution in [2.24, 2.45) is 0 Å². The molecule has 1 aromatic rings. The molecule has 0 bridgehead atoms. The van der Waals surface area contributed by atoms with E-state index in [0.717, 1.165) is 22.7 Å². The van der Waals surface area contributed by atoms with Gasteiger partial charge in [-0.05, 0) is 12.1 Å². The van der Waals surface area contributed by atoms with Gasteiger partial charge in [0.05, 0.1) is 19.3 Å². The molecular weight excluding hydrogens is 294 g/mol. The Morgan fingerprint density at radius 1 is 1.48 bits per heavy atom. The summed E-state index contributed by atoms with van der Waals surface area (Å²) in [6.07, 6.45) is 5.04. The summed E-state index contributed by atoms with van der Waals surface area (Å²) in [5, 5.41) is 0. The molecule has 8 heteroatoms. The van der Waals surface area contributed by atoms with Crippen molar-refractivity contribution in [2.45, 2.75) is 12.5 Å². The highest BCUT2D eigenvalue weighted by atomic mass is 32.2. The number of likely N-dealkylation sites (tertiary alicyclic amines) is 1. The van der Waals surface area contributed by atoms with E-state index in [1.165, 1.54) is 7.05 Å². The molecule has 1 atom stereocenters. The van der Waals surface area contributed by atoms with Crippen LogP contribution in [-0.4, -0.2) is 67.6 Å². The number of carbonyl (C=O) groups excluding carboxylic acids is 1. The third-order valence-electron chi connectivity index (χ3n) is 3.37. The van der Waals surface area contributed by atoms with Gasteiger partial charge in [-0.3, -0.25) is 9.78 Å². The van der Waals surface area contributed by atoms with E-state index < -0.39 is 10.0 Å². The summed E-state index contributed by atoms with van der Waals surface area (Å²) in [5.41, 5.74) is 0. The van der Waals surface area contributed by atoms with Crippen LogP contribution in [0.3, 0.4) is 0 Å². The van der Waals surface area contributed by atoms with E-state index in [9.17, 15) is 13.2 Å². The van der Waals surface area contributed by atoms with E-state index in [2.05, 4.69) is 4.98 Å². The lowest BCUT2D eigenvalue weighted by Gasteiger charge is -2.20. The van der Waals surface area contributed by atoms with Gasteiger partial charge in [-0.15, -0.1) is 0 Å². The number of amides is 1. The van der Waals surface area contributed by atoms with Crippen LogP contribution in [-0.2, 0) is 14.8 Å². The normalized spacial score (nSPS) is 19.0. The lowest BCUT2D eigenvalue weighted by atomic mass is 10.3. The highest BCUT2D eigenvalue weighted by Crippen LogP contribution is 2.17. The van der Waals surface area contributed by atoms with Gasteiger partial charge in [0.25, 0.3) is 0 Å². The molecule has 21 heavy (non-hydrogen) atoms. The van der Waals surface area contributed by atoms with Crippen molar-refractivity contribution in [1.82, 2.24) is 14.2 Å². The largest absolute Gasteiger partial charge is 0.488 e. The van der Waals surface area contributed by atoms with Crippen molar-refractivity contribution in [3.8, 4) is 5.75 Å². The second-order valence-corrected chi connectivity index (χ2v) is 7.16. The lowest BCUT2D eigenvalue weighted by Crippen LogP contribution is -2.40. The van der Waals surface area contributed by atoms with Crippen molar-refractivity contribution < 1.29 is 17.9 Å². The zero-order valence-electron chi connectivity index (χ0n) is 12.1. The maximum atomic E-state index is 12.1. The number of likely N-dealkylation sites (N-methyl/N-ethyl adjacent to an activating group) is 1. The predicted molar refractivity (Wildman–Crippen MR) is 77.3 cm³/mol. The number of sulfonamides is 1. The molecule has 1 amide bonds. The topological polar surface area (TPSA) is 79.8 Å². The molecule has 7 nitrogen and oxygen atoms in total. The highest BCUT2D eigenvalue weighted by molar-refractivity contribution is 7.88. The molecule has 1 aromatic heterocycles. The number of nitrogens with zero attached hydrogens (tertiary/aromatic N) is 3. The Labute approximate surface area is 124 Å². The maximum Gasteiger partial charge on any atom is 0.238 e. The third kappa shape index (κ3) is 4.40. The van der Waals surface area contributed by atoms with Crippen LogP contribution >= 0.6 is 0 Å². The summed E-state index contributed by atoms with van der Waals surface area (Å²) in [4.78, 5) is 17.6. The molecule has 1 aliphatic heterocycles. The van der Waals surface area contributed by atoms with E-state index in [4.69, 9.17) is 4.74 Å². The minimum absolute atomic E-state index is 0.0695. The van der Waals surface area contributed by atoms with Crippen LogP contribution in [0.1, 0.15) is 6.42 Å². The van der Waals surface area contributed by atoms with Crippen LogP contribution < -0.4 is 4.74 Å². The van der Waals surface area contributed by atoms with Crippen LogP contribution in [0.5, 0.6) is 5.75 Å². The van der Waals surface area contributed by atoms with Gasteiger partial charge in [-0.1, -0.05) is 0 Å². The predicted octanol–water partition coefficient (Wildman–Crippen LogP) is -0.0473. The van der Waals surface area contributed by atoms with E-state index in [1.807, 2.05) is 0 Å². The molecule has 0 aromatic carbocycles. The fraction of sp³-hybridized carbons (Fsp3) is 0.538. The van der Waals surface area contributed by atoms with Gasteiger partial charge < -0.3 is 9.64 Å². The average Bonchev–Trinajstić information content (AvgIpc) is 2.87. The second kappa shape index (κ2) is 6.40. The first-order valence-corrected chi connectivity index (χ1v) is 8.47. The number of carbonyl (C=O) groups is 1. The fourth-order valence-electron chi connectivity index (χ4n) is 2.07. The van der Waals surface area contributed by atoms with Crippen molar-refractivity contribution in [3.63, 3.8) is 0 Å². The number of hydrogen-bond acceptors (Lipinski definition) is 5. The number of pyridine rings is 1. The van der Waals surface area contributed by atoms with Crippen LogP contribution in [0, 0.1) is 0 Å².